The molecule has 0 aliphatic heterocycles. The minimum atomic E-state index is -0.708. The summed E-state index contributed by atoms with van der Waals surface area (Å²) in [6, 6.07) is 16.6. The van der Waals surface area contributed by atoms with E-state index in [9.17, 15) is 9.59 Å². The van der Waals surface area contributed by atoms with Crippen LogP contribution in [0.1, 0.15) is 20.7 Å². The van der Waals surface area contributed by atoms with Gasteiger partial charge in [0.2, 0.25) is 0 Å². The maximum absolute atomic E-state index is 11.5. The number of carbonyl (C=O) groups is 2. The first-order valence-corrected chi connectivity index (χ1v) is 5.30. The van der Waals surface area contributed by atoms with E-state index < -0.39 is 11.9 Å². The van der Waals surface area contributed by atoms with E-state index in [2.05, 4.69) is 9.78 Å². The monoisotopic (exact) mass is 282 g/mol. The zero-order valence-electron chi connectivity index (χ0n) is 9.76. The molecule has 0 aromatic heterocycles. The van der Waals surface area contributed by atoms with Gasteiger partial charge in [-0.3, -0.25) is 0 Å². The predicted molar refractivity (Wildman–Crippen MR) is 63.7 cm³/mol. The predicted octanol–water partition coefficient (Wildman–Crippen LogP) is 2.62. The smallest absolute Gasteiger partial charge is 0.242 e. The SMILES string of the molecule is O=C(OOC(=O)c1ccccc1)c1ccccc1.[Ar]. The van der Waals surface area contributed by atoms with Gasteiger partial charge in [-0.15, -0.1) is 0 Å². The van der Waals surface area contributed by atoms with Crippen molar-refractivity contribution in [2.24, 2.45) is 0 Å². The molecule has 0 saturated carbocycles. The third-order valence-electron chi connectivity index (χ3n) is 2.21. The quantitative estimate of drug-likeness (QED) is 0.627. The Morgan fingerprint density at radius 1 is 0.632 bits per heavy atom. The van der Waals surface area contributed by atoms with Crippen LogP contribution in [0.15, 0.2) is 60.7 Å². The van der Waals surface area contributed by atoms with Crippen molar-refractivity contribution in [2.45, 2.75) is 0 Å². The van der Waals surface area contributed by atoms with Crippen molar-refractivity contribution in [3.05, 3.63) is 71.8 Å². The first-order chi connectivity index (χ1) is 8.77. The molecule has 0 aliphatic carbocycles. The Morgan fingerprint density at radius 3 is 1.26 bits per heavy atom. The molecule has 0 atom stereocenters. The van der Waals surface area contributed by atoms with Gasteiger partial charge in [0.1, 0.15) is 0 Å². The van der Waals surface area contributed by atoms with E-state index in [0.717, 1.165) is 0 Å². The Balaban J connectivity index is 0.00000180. The van der Waals surface area contributed by atoms with Gasteiger partial charge < -0.3 is 0 Å². The molecule has 4 nitrogen and oxygen atoms in total. The molecule has 19 heavy (non-hydrogen) atoms. The van der Waals surface area contributed by atoms with E-state index in [0.29, 0.717) is 11.1 Å². The van der Waals surface area contributed by atoms with Crippen molar-refractivity contribution in [1.29, 1.82) is 0 Å². The maximum atomic E-state index is 11.5. The molecule has 0 N–H and O–H groups in total. The van der Waals surface area contributed by atoms with Gasteiger partial charge in [0.15, 0.2) is 0 Å². The van der Waals surface area contributed by atoms with Crippen molar-refractivity contribution in [3.8, 4) is 0 Å². The van der Waals surface area contributed by atoms with Gasteiger partial charge in [-0.25, -0.2) is 19.4 Å². The van der Waals surface area contributed by atoms with Crippen LogP contribution < -0.4 is 0 Å². The summed E-state index contributed by atoms with van der Waals surface area (Å²) in [6.45, 7) is 0. The van der Waals surface area contributed by atoms with E-state index in [-0.39, 0.29) is 37.7 Å². The molecule has 5 heteroatoms. The molecule has 0 heterocycles. The minimum absolute atomic E-state index is 0. The topological polar surface area (TPSA) is 52.6 Å². The maximum Gasteiger partial charge on any atom is 0.386 e. The average Bonchev–Trinajstić information content (AvgIpc) is 2.46. The van der Waals surface area contributed by atoms with Crippen molar-refractivity contribution >= 4 is 11.9 Å². The number of carbonyl (C=O) groups excluding carboxylic acids is 2. The van der Waals surface area contributed by atoms with Crippen LogP contribution in [0.4, 0.5) is 0 Å². The van der Waals surface area contributed by atoms with E-state index >= 15 is 0 Å². The summed E-state index contributed by atoms with van der Waals surface area (Å²) in [6.07, 6.45) is 0. The molecule has 98 valence electrons. The fourth-order valence-corrected chi connectivity index (χ4v) is 1.32. The standard InChI is InChI=1S/C14H10O4.Ar/c15-13(11-7-3-1-4-8-11)17-18-14(16)12-9-5-2-6-10-12;/h1-10H;. The third-order valence-corrected chi connectivity index (χ3v) is 2.21. The summed E-state index contributed by atoms with van der Waals surface area (Å²) >= 11 is 0. The van der Waals surface area contributed by atoms with Crippen LogP contribution in [-0.4, -0.2) is 11.9 Å². The molecule has 0 unspecified atom stereocenters. The number of hydrogen-bond donors (Lipinski definition) is 0. The van der Waals surface area contributed by atoms with Crippen molar-refractivity contribution in [1.82, 2.24) is 0 Å². The molecule has 2 aromatic rings. The van der Waals surface area contributed by atoms with Crippen LogP contribution in [0.5, 0.6) is 0 Å². The molecule has 0 amide bonds. The Bertz CT molecular complexity index is 488. The molecule has 2 rings (SSSR count). The van der Waals surface area contributed by atoms with Crippen molar-refractivity contribution < 1.29 is 57.1 Å². The summed E-state index contributed by atoms with van der Waals surface area (Å²) in [5, 5.41) is 0. The average molecular weight is 282 g/mol. The van der Waals surface area contributed by atoms with Crippen LogP contribution in [0, 0.1) is 37.7 Å². The summed E-state index contributed by atoms with van der Waals surface area (Å²) in [7, 11) is 0. The fraction of sp³-hybridized carbons (Fsp3) is 0. The molecule has 0 bridgehead atoms. The zero-order valence-corrected chi connectivity index (χ0v) is 10.5. The fourth-order valence-electron chi connectivity index (χ4n) is 1.32. The normalized spacial score (nSPS) is 9.05. The second kappa shape index (κ2) is 7.94. The summed E-state index contributed by atoms with van der Waals surface area (Å²) in [4.78, 5) is 31.9. The number of benzene rings is 2. The number of rotatable bonds is 2. The Kier molecular flexibility index (Phi) is 6.56. The summed E-state index contributed by atoms with van der Waals surface area (Å²) in [5.74, 6) is -1.42. The van der Waals surface area contributed by atoms with Crippen molar-refractivity contribution in [2.75, 3.05) is 0 Å². The molecule has 0 fully saturated rings. The van der Waals surface area contributed by atoms with Gasteiger partial charge in [0.25, 0.3) is 0 Å². The molecule has 0 spiro atoms. The minimum Gasteiger partial charge on any atom is -0.242 e. The van der Waals surface area contributed by atoms with Crippen LogP contribution in [0.25, 0.3) is 0 Å². The van der Waals surface area contributed by atoms with E-state index in [1.54, 1.807) is 60.7 Å². The molecular formula is C14H10ArO4. The summed E-state index contributed by atoms with van der Waals surface area (Å²) in [5.41, 5.74) is 0.636. The second-order valence-electron chi connectivity index (χ2n) is 3.47. The van der Waals surface area contributed by atoms with E-state index in [1.165, 1.54) is 0 Å². The largest absolute Gasteiger partial charge is 0.386 e. The van der Waals surface area contributed by atoms with Gasteiger partial charge in [0, 0.05) is 37.7 Å². The van der Waals surface area contributed by atoms with E-state index in [1.807, 2.05) is 0 Å². The van der Waals surface area contributed by atoms with Gasteiger partial charge in [-0.05, 0) is 24.3 Å². The molecule has 2 aromatic carbocycles. The second-order valence-corrected chi connectivity index (χ2v) is 3.47. The van der Waals surface area contributed by atoms with Crippen LogP contribution in [0.2, 0.25) is 0 Å². The summed E-state index contributed by atoms with van der Waals surface area (Å²) < 4.78 is 0. The third kappa shape index (κ3) is 4.67. The van der Waals surface area contributed by atoms with E-state index in [4.69, 9.17) is 0 Å². The van der Waals surface area contributed by atoms with Crippen LogP contribution in [-0.2, 0) is 9.78 Å². The van der Waals surface area contributed by atoms with Crippen molar-refractivity contribution in [3.63, 3.8) is 0 Å². The van der Waals surface area contributed by atoms with Gasteiger partial charge in [-0.2, -0.15) is 0 Å². The van der Waals surface area contributed by atoms with Crippen LogP contribution in [0.3, 0.4) is 0 Å². The van der Waals surface area contributed by atoms with Gasteiger partial charge in [0.05, 0.1) is 11.1 Å². The zero-order chi connectivity index (χ0) is 12.8. The molecular weight excluding hydrogens is 272 g/mol. The van der Waals surface area contributed by atoms with Crippen LogP contribution >= 0.6 is 0 Å². The Hall–Kier alpha value is -1.36. The molecule has 0 radical (unpaired) electrons. The van der Waals surface area contributed by atoms with Gasteiger partial charge >= 0.3 is 11.9 Å². The van der Waals surface area contributed by atoms with Gasteiger partial charge in [-0.1, -0.05) is 36.4 Å². The molecule has 0 saturated heterocycles. The Morgan fingerprint density at radius 2 is 0.947 bits per heavy atom. The molecule has 0 aliphatic rings. The Labute approximate surface area is 140 Å². The number of hydrogen-bond acceptors (Lipinski definition) is 4. The first kappa shape index (κ1) is 15.7. The first-order valence-electron chi connectivity index (χ1n) is 5.30.